The molecule has 0 saturated heterocycles. The van der Waals surface area contributed by atoms with E-state index in [1.807, 2.05) is 52.0 Å². The van der Waals surface area contributed by atoms with Crippen molar-refractivity contribution in [1.29, 1.82) is 0 Å². The lowest BCUT2D eigenvalue weighted by molar-refractivity contribution is -0.141. The molecule has 0 bridgehead atoms. The minimum Gasteiger partial charge on any atom is -0.354 e. The molecule has 1 aliphatic heterocycles. The summed E-state index contributed by atoms with van der Waals surface area (Å²) in [5, 5.41) is 2.96. The second kappa shape index (κ2) is 11.8. The summed E-state index contributed by atoms with van der Waals surface area (Å²) >= 11 is 0. The Kier molecular flexibility index (Phi) is 8.79. The summed E-state index contributed by atoms with van der Waals surface area (Å²) < 4.78 is 0. The third kappa shape index (κ3) is 6.15. The van der Waals surface area contributed by atoms with Crippen LogP contribution in [-0.4, -0.2) is 52.6 Å². The number of fused-ring (bicyclic) bond motifs is 1. The lowest BCUT2D eigenvalue weighted by atomic mass is 10.0. The Morgan fingerprint density at radius 3 is 2.14 bits per heavy atom. The summed E-state index contributed by atoms with van der Waals surface area (Å²) in [5.41, 5.74) is 2.83. The van der Waals surface area contributed by atoms with Gasteiger partial charge in [-0.2, -0.15) is 0 Å². The van der Waals surface area contributed by atoms with E-state index < -0.39 is 6.04 Å². The molecule has 7 heteroatoms. The molecule has 186 valence electrons. The van der Waals surface area contributed by atoms with E-state index in [1.54, 1.807) is 29.2 Å². The highest BCUT2D eigenvalue weighted by atomic mass is 16.2. The van der Waals surface area contributed by atoms with Gasteiger partial charge < -0.3 is 10.2 Å². The second-order valence-corrected chi connectivity index (χ2v) is 9.42. The quantitative estimate of drug-likeness (QED) is 0.497. The monoisotopic (exact) mass is 477 g/mol. The number of carbonyl (C=O) groups excluding carboxylic acids is 4. The molecular weight excluding hydrogens is 442 g/mol. The fourth-order valence-corrected chi connectivity index (χ4v) is 4.29. The Morgan fingerprint density at radius 1 is 0.971 bits per heavy atom. The molecule has 0 unspecified atom stereocenters. The van der Waals surface area contributed by atoms with E-state index >= 15 is 0 Å². The zero-order chi connectivity index (χ0) is 25.5. The number of hydrogen-bond acceptors (Lipinski definition) is 4. The molecule has 0 radical (unpaired) electrons. The van der Waals surface area contributed by atoms with Crippen LogP contribution in [0.2, 0.25) is 0 Å². The molecule has 0 spiro atoms. The molecule has 0 saturated carbocycles. The van der Waals surface area contributed by atoms with Gasteiger partial charge in [0.05, 0.1) is 11.1 Å². The van der Waals surface area contributed by atoms with Crippen LogP contribution >= 0.6 is 0 Å². The van der Waals surface area contributed by atoms with E-state index in [1.165, 1.54) is 4.90 Å². The number of carbonyl (C=O) groups is 4. The zero-order valence-corrected chi connectivity index (χ0v) is 21.0. The van der Waals surface area contributed by atoms with Gasteiger partial charge >= 0.3 is 0 Å². The summed E-state index contributed by atoms with van der Waals surface area (Å²) in [5.74, 6) is -0.680. The molecule has 2 aromatic carbocycles. The number of amides is 4. The molecule has 35 heavy (non-hydrogen) atoms. The maximum atomic E-state index is 13.4. The molecular formula is C28H35N3O4. The predicted octanol–water partition coefficient (Wildman–Crippen LogP) is 3.95. The molecule has 3 rings (SSSR count). The third-order valence-electron chi connectivity index (χ3n) is 6.32. The Balaban J connectivity index is 1.71. The van der Waals surface area contributed by atoms with Crippen LogP contribution in [0, 0.1) is 12.8 Å². The van der Waals surface area contributed by atoms with Crippen molar-refractivity contribution >= 4 is 23.6 Å². The first-order valence-corrected chi connectivity index (χ1v) is 12.3. The van der Waals surface area contributed by atoms with Gasteiger partial charge in [0, 0.05) is 26.1 Å². The predicted molar refractivity (Wildman–Crippen MR) is 135 cm³/mol. The lowest BCUT2D eigenvalue weighted by Gasteiger charge is -2.31. The van der Waals surface area contributed by atoms with Crippen LogP contribution in [0.5, 0.6) is 0 Å². The smallest absolute Gasteiger partial charge is 0.261 e. The van der Waals surface area contributed by atoms with E-state index in [0.29, 0.717) is 43.0 Å². The Hall–Kier alpha value is -3.48. The normalized spacial score (nSPS) is 13.7. The molecule has 0 aliphatic carbocycles. The summed E-state index contributed by atoms with van der Waals surface area (Å²) in [6, 6.07) is 14.0. The summed E-state index contributed by atoms with van der Waals surface area (Å²) in [4.78, 5) is 54.5. The Bertz CT molecular complexity index is 1060. The van der Waals surface area contributed by atoms with Crippen LogP contribution in [0.4, 0.5) is 0 Å². The van der Waals surface area contributed by atoms with Crippen LogP contribution in [0.3, 0.4) is 0 Å². The number of rotatable bonds is 11. The maximum absolute atomic E-state index is 13.4. The molecule has 2 aromatic rings. The first-order chi connectivity index (χ1) is 16.7. The van der Waals surface area contributed by atoms with E-state index in [0.717, 1.165) is 11.1 Å². The second-order valence-electron chi connectivity index (χ2n) is 9.42. The fraction of sp³-hybridized carbons (Fsp3) is 0.429. The van der Waals surface area contributed by atoms with E-state index in [9.17, 15) is 19.2 Å². The molecule has 0 fully saturated rings. The van der Waals surface area contributed by atoms with Gasteiger partial charge in [-0.1, -0.05) is 57.2 Å². The summed E-state index contributed by atoms with van der Waals surface area (Å²) in [6.07, 6.45) is 0.950. The molecule has 4 amide bonds. The van der Waals surface area contributed by atoms with E-state index in [-0.39, 0.29) is 36.6 Å². The molecule has 1 atom stereocenters. The highest BCUT2D eigenvalue weighted by Gasteiger charge is 2.35. The molecule has 1 N–H and O–H groups in total. The van der Waals surface area contributed by atoms with Gasteiger partial charge in [0.1, 0.15) is 6.04 Å². The lowest BCUT2D eigenvalue weighted by Crippen LogP contribution is -2.49. The van der Waals surface area contributed by atoms with Crippen molar-refractivity contribution in [1.82, 2.24) is 15.1 Å². The van der Waals surface area contributed by atoms with Gasteiger partial charge in [-0.15, -0.1) is 0 Å². The Morgan fingerprint density at radius 2 is 1.57 bits per heavy atom. The average molecular weight is 478 g/mol. The van der Waals surface area contributed by atoms with Crippen LogP contribution in [-0.2, 0) is 16.1 Å². The fourth-order valence-electron chi connectivity index (χ4n) is 4.29. The SMILES string of the molecule is CC[C@@H](C(=O)NCC(C)C)N(Cc1ccccc1C)C(=O)CCCN1C(=O)c2ccccc2C1=O. The molecule has 1 aliphatic rings. The highest BCUT2D eigenvalue weighted by Crippen LogP contribution is 2.23. The van der Waals surface area contributed by atoms with Gasteiger partial charge in [0.2, 0.25) is 11.8 Å². The first kappa shape index (κ1) is 26.1. The van der Waals surface area contributed by atoms with Gasteiger partial charge in [-0.05, 0) is 48.9 Å². The van der Waals surface area contributed by atoms with Crippen LogP contribution in [0.1, 0.15) is 71.9 Å². The third-order valence-corrected chi connectivity index (χ3v) is 6.32. The number of hydrogen-bond donors (Lipinski definition) is 1. The number of aryl methyl sites for hydroxylation is 1. The van der Waals surface area contributed by atoms with E-state index in [4.69, 9.17) is 0 Å². The maximum Gasteiger partial charge on any atom is 0.261 e. The standard InChI is InChI=1S/C28H35N3O4/c1-5-24(26(33)29-17-19(2)3)31(18-21-12-7-6-11-20(21)4)25(32)15-10-16-30-27(34)22-13-8-9-14-23(22)28(30)35/h6-9,11-14,19,24H,5,10,15-18H2,1-4H3,(H,29,33)/t24-/m0/s1. The molecule has 1 heterocycles. The van der Waals surface area contributed by atoms with Crippen molar-refractivity contribution in [2.75, 3.05) is 13.1 Å². The van der Waals surface area contributed by atoms with Crippen molar-refractivity contribution in [3.63, 3.8) is 0 Å². The van der Waals surface area contributed by atoms with Gasteiger partial charge in [-0.3, -0.25) is 24.1 Å². The van der Waals surface area contributed by atoms with Gasteiger partial charge in [-0.25, -0.2) is 0 Å². The summed E-state index contributed by atoms with van der Waals surface area (Å²) in [6.45, 7) is 8.96. The van der Waals surface area contributed by atoms with Crippen molar-refractivity contribution < 1.29 is 19.2 Å². The number of benzene rings is 2. The van der Waals surface area contributed by atoms with Crippen LogP contribution in [0.15, 0.2) is 48.5 Å². The molecule has 0 aromatic heterocycles. The number of nitrogens with one attached hydrogen (secondary N) is 1. The topological polar surface area (TPSA) is 86.8 Å². The summed E-state index contributed by atoms with van der Waals surface area (Å²) in [7, 11) is 0. The minimum absolute atomic E-state index is 0.132. The van der Waals surface area contributed by atoms with Crippen molar-refractivity contribution in [2.24, 2.45) is 5.92 Å². The minimum atomic E-state index is -0.597. The zero-order valence-electron chi connectivity index (χ0n) is 21.0. The average Bonchev–Trinajstić information content (AvgIpc) is 3.08. The van der Waals surface area contributed by atoms with Gasteiger partial charge in [0.15, 0.2) is 0 Å². The van der Waals surface area contributed by atoms with Gasteiger partial charge in [0.25, 0.3) is 11.8 Å². The molecule has 7 nitrogen and oxygen atoms in total. The van der Waals surface area contributed by atoms with Crippen LogP contribution in [0.25, 0.3) is 0 Å². The number of imide groups is 1. The van der Waals surface area contributed by atoms with Crippen LogP contribution < -0.4 is 5.32 Å². The van der Waals surface area contributed by atoms with Crippen molar-refractivity contribution in [3.05, 3.63) is 70.8 Å². The van der Waals surface area contributed by atoms with Crippen molar-refractivity contribution in [3.8, 4) is 0 Å². The van der Waals surface area contributed by atoms with E-state index in [2.05, 4.69) is 5.32 Å². The number of nitrogens with zero attached hydrogens (tertiary/aromatic N) is 2. The first-order valence-electron chi connectivity index (χ1n) is 12.3. The Labute approximate surface area is 207 Å². The largest absolute Gasteiger partial charge is 0.354 e. The highest BCUT2D eigenvalue weighted by molar-refractivity contribution is 6.21. The van der Waals surface area contributed by atoms with Crippen molar-refractivity contribution in [2.45, 2.75) is 59.5 Å².